The summed E-state index contributed by atoms with van der Waals surface area (Å²) in [5, 5.41) is 3.48. The molecule has 0 amide bonds. The highest BCUT2D eigenvalue weighted by Gasteiger charge is 2.15. The van der Waals surface area contributed by atoms with Gasteiger partial charge in [-0.25, -0.2) is 0 Å². The van der Waals surface area contributed by atoms with E-state index in [4.69, 9.17) is 0 Å². The number of carbonyl (C=O) groups is 1. The SMILES string of the molecule is COC(=O)CCc1ccc(C2CCCN2)cc1. The van der Waals surface area contributed by atoms with E-state index in [1.165, 1.54) is 31.1 Å². The Labute approximate surface area is 102 Å². The Bertz CT molecular complexity index is 366. The molecule has 1 aromatic rings. The fourth-order valence-corrected chi connectivity index (χ4v) is 2.23. The molecule has 0 saturated carbocycles. The third kappa shape index (κ3) is 3.30. The van der Waals surface area contributed by atoms with Crippen molar-refractivity contribution < 1.29 is 9.53 Å². The minimum atomic E-state index is -0.147. The molecule has 1 saturated heterocycles. The Kier molecular flexibility index (Phi) is 4.15. The van der Waals surface area contributed by atoms with E-state index in [-0.39, 0.29) is 5.97 Å². The van der Waals surface area contributed by atoms with Crippen LogP contribution in [0.15, 0.2) is 24.3 Å². The van der Waals surface area contributed by atoms with Gasteiger partial charge in [-0.2, -0.15) is 0 Å². The topological polar surface area (TPSA) is 38.3 Å². The van der Waals surface area contributed by atoms with Crippen LogP contribution in [0.2, 0.25) is 0 Å². The van der Waals surface area contributed by atoms with Crippen molar-refractivity contribution in [1.82, 2.24) is 5.32 Å². The van der Waals surface area contributed by atoms with Gasteiger partial charge in [0.2, 0.25) is 0 Å². The predicted molar refractivity (Wildman–Crippen MR) is 66.8 cm³/mol. The first-order valence-electron chi connectivity index (χ1n) is 6.18. The summed E-state index contributed by atoms with van der Waals surface area (Å²) >= 11 is 0. The summed E-state index contributed by atoms with van der Waals surface area (Å²) in [4.78, 5) is 11.0. The van der Waals surface area contributed by atoms with Gasteiger partial charge in [-0.3, -0.25) is 4.79 Å². The van der Waals surface area contributed by atoms with E-state index in [0.717, 1.165) is 13.0 Å². The van der Waals surface area contributed by atoms with Gasteiger partial charge < -0.3 is 10.1 Å². The van der Waals surface area contributed by atoms with Crippen LogP contribution in [0.25, 0.3) is 0 Å². The Balaban J connectivity index is 1.90. The molecule has 1 atom stereocenters. The molecule has 0 aliphatic carbocycles. The molecule has 3 heteroatoms. The maximum absolute atomic E-state index is 11.0. The molecule has 1 fully saturated rings. The van der Waals surface area contributed by atoms with Gasteiger partial charge in [0.25, 0.3) is 0 Å². The zero-order valence-corrected chi connectivity index (χ0v) is 10.2. The number of methoxy groups -OCH3 is 1. The molecule has 1 unspecified atom stereocenters. The highest BCUT2D eigenvalue weighted by Crippen LogP contribution is 2.23. The van der Waals surface area contributed by atoms with E-state index in [1.807, 2.05) is 0 Å². The van der Waals surface area contributed by atoms with Crippen LogP contribution in [0.3, 0.4) is 0 Å². The van der Waals surface area contributed by atoms with Crippen molar-refractivity contribution >= 4 is 5.97 Å². The van der Waals surface area contributed by atoms with Crippen LogP contribution in [-0.2, 0) is 16.0 Å². The number of carbonyl (C=O) groups excluding carboxylic acids is 1. The average molecular weight is 233 g/mol. The highest BCUT2D eigenvalue weighted by atomic mass is 16.5. The number of aryl methyl sites for hydroxylation is 1. The number of rotatable bonds is 4. The lowest BCUT2D eigenvalue weighted by molar-refractivity contribution is -0.140. The number of ether oxygens (including phenoxy) is 1. The van der Waals surface area contributed by atoms with Crippen molar-refractivity contribution in [2.75, 3.05) is 13.7 Å². The summed E-state index contributed by atoms with van der Waals surface area (Å²) < 4.78 is 4.63. The Hall–Kier alpha value is -1.35. The zero-order valence-electron chi connectivity index (χ0n) is 10.2. The van der Waals surface area contributed by atoms with E-state index in [9.17, 15) is 4.79 Å². The van der Waals surface area contributed by atoms with Gasteiger partial charge in [0.05, 0.1) is 7.11 Å². The van der Waals surface area contributed by atoms with Crippen LogP contribution < -0.4 is 5.32 Å². The van der Waals surface area contributed by atoms with Crippen LogP contribution >= 0.6 is 0 Å². The molecule has 1 heterocycles. The third-order valence-electron chi connectivity index (χ3n) is 3.29. The molecular weight excluding hydrogens is 214 g/mol. The van der Waals surface area contributed by atoms with Crippen LogP contribution in [0.4, 0.5) is 0 Å². The largest absolute Gasteiger partial charge is 0.469 e. The molecule has 17 heavy (non-hydrogen) atoms. The molecule has 1 aromatic carbocycles. The number of nitrogens with one attached hydrogen (secondary N) is 1. The number of esters is 1. The van der Waals surface area contributed by atoms with E-state index in [1.54, 1.807) is 0 Å². The predicted octanol–water partition coefficient (Wildman–Crippen LogP) is 2.22. The van der Waals surface area contributed by atoms with Gasteiger partial charge in [-0.05, 0) is 36.9 Å². The molecule has 1 N–H and O–H groups in total. The average Bonchev–Trinajstić information content (AvgIpc) is 2.90. The van der Waals surface area contributed by atoms with Gasteiger partial charge in [0.15, 0.2) is 0 Å². The molecule has 92 valence electrons. The zero-order chi connectivity index (χ0) is 12.1. The Morgan fingerprint density at radius 3 is 2.76 bits per heavy atom. The Morgan fingerprint density at radius 1 is 1.41 bits per heavy atom. The molecular formula is C14H19NO2. The summed E-state index contributed by atoms with van der Waals surface area (Å²) in [5.74, 6) is -0.147. The van der Waals surface area contributed by atoms with Crippen molar-refractivity contribution in [3.8, 4) is 0 Å². The summed E-state index contributed by atoms with van der Waals surface area (Å²) in [5.41, 5.74) is 2.54. The maximum atomic E-state index is 11.0. The van der Waals surface area contributed by atoms with Crippen molar-refractivity contribution in [2.45, 2.75) is 31.7 Å². The molecule has 2 rings (SSSR count). The van der Waals surface area contributed by atoms with Crippen LogP contribution in [0, 0.1) is 0 Å². The molecule has 0 bridgehead atoms. The lowest BCUT2D eigenvalue weighted by Gasteiger charge is -2.11. The second-order valence-electron chi connectivity index (χ2n) is 4.47. The second kappa shape index (κ2) is 5.82. The molecule has 1 aliphatic rings. The lowest BCUT2D eigenvalue weighted by atomic mass is 10.0. The second-order valence-corrected chi connectivity index (χ2v) is 4.47. The van der Waals surface area contributed by atoms with Gasteiger partial charge >= 0.3 is 5.97 Å². The van der Waals surface area contributed by atoms with Crippen molar-refractivity contribution in [3.05, 3.63) is 35.4 Å². The van der Waals surface area contributed by atoms with Gasteiger partial charge in [0, 0.05) is 12.5 Å². The third-order valence-corrected chi connectivity index (χ3v) is 3.29. The highest BCUT2D eigenvalue weighted by molar-refractivity contribution is 5.69. The molecule has 3 nitrogen and oxygen atoms in total. The monoisotopic (exact) mass is 233 g/mol. The number of hydrogen-bond acceptors (Lipinski definition) is 3. The summed E-state index contributed by atoms with van der Waals surface area (Å²) in [6.45, 7) is 1.12. The fraction of sp³-hybridized carbons (Fsp3) is 0.500. The molecule has 0 spiro atoms. The van der Waals surface area contributed by atoms with Gasteiger partial charge in [-0.15, -0.1) is 0 Å². The first-order valence-corrected chi connectivity index (χ1v) is 6.18. The molecule has 0 aromatic heterocycles. The van der Waals surface area contributed by atoms with E-state index >= 15 is 0 Å². The molecule has 1 aliphatic heterocycles. The van der Waals surface area contributed by atoms with Crippen LogP contribution in [0.1, 0.15) is 36.4 Å². The minimum absolute atomic E-state index is 0.147. The van der Waals surface area contributed by atoms with Crippen molar-refractivity contribution in [2.24, 2.45) is 0 Å². The van der Waals surface area contributed by atoms with E-state index in [2.05, 4.69) is 34.3 Å². The maximum Gasteiger partial charge on any atom is 0.305 e. The minimum Gasteiger partial charge on any atom is -0.469 e. The standard InChI is InChI=1S/C14H19NO2/c1-17-14(16)9-6-11-4-7-12(8-5-11)13-3-2-10-15-13/h4-5,7-8,13,15H,2-3,6,9-10H2,1H3. The Morgan fingerprint density at radius 2 is 2.18 bits per heavy atom. The smallest absolute Gasteiger partial charge is 0.305 e. The number of hydrogen-bond donors (Lipinski definition) is 1. The normalized spacial score (nSPS) is 19.2. The summed E-state index contributed by atoms with van der Waals surface area (Å²) in [7, 11) is 1.43. The number of benzene rings is 1. The van der Waals surface area contributed by atoms with Crippen LogP contribution in [0.5, 0.6) is 0 Å². The first kappa shape index (κ1) is 12.1. The van der Waals surface area contributed by atoms with Crippen LogP contribution in [-0.4, -0.2) is 19.6 Å². The first-order chi connectivity index (χ1) is 8.29. The van der Waals surface area contributed by atoms with E-state index < -0.39 is 0 Å². The van der Waals surface area contributed by atoms with Gasteiger partial charge in [0.1, 0.15) is 0 Å². The quantitative estimate of drug-likeness (QED) is 0.810. The van der Waals surface area contributed by atoms with E-state index in [0.29, 0.717) is 12.5 Å². The lowest BCUT2D eigenvalue weighted by Crippen LogP contribution is -2.12. The summed E-state index contributed by atoms with van der Waals surface area (Å²) in [6, 6.07) is 9.06. The van der Waals surface area contributed by atoms with Gasteiger partial charge in [-0.1, -0.05) is 24.3 Å². The fourth-order valence-electron chi connectivity index (χ4n) is 2.23. The van der Waals surface area contributed by atoms with Crippen molar-refractivity contribution in [3.63, 3.8) is 0 Å². The molecule has 0 radical (unpaired) electrons. The van der Waals surface area contributed by atoms with Crippen molar-refractivity contribution in [1.29, 1.82) is 0 Å². The summed E-state index contributed by atoms with van der Waals surface area (Å²) in [6.07, 6.45) is 3.69.